The van der Waals surface area contributed by atoms with Crippen LogP contribution in [0.5, 0.6) is 0 Å². The van der Waals surface area contributed by atoms with Crippen molar-refractivity contribution < 1.29 is 4.74 Å². The number of aryl methyl sites for hydroxylation is 1. The van der Waals surface area contributed by atoms with E-state index in [1.165, 1.54) is 43.2 Å². The van der Waals surface area contributed by atoms with Crippen LogP contribution in [0.4, 0.5) is 0 Å². The van der Waals surface area contributed by atoms with Crippen molar-refractivity contribution >= 4 is 0 Å². The average Bonchev–Trinajstić information content (AvgIpc) is 2.72. The third-order valence-electron chi connectivity index (χ3n) is 5.32. The first-order valence-corrected chi connectivity index (χ1v) is 8.04. The molecule has 2 bridgehead atoms. The summed E-state index contributed by atoms with van der Waals surface area (Å²) in [5.41, 5.74) is 9.48. The van der Waals surface area contributed by atoms with Crippen molar-refractivity contribution in [3.63, 3.8) is 0 Å². The standard InChI is InChI=1S/C17H24N2O/c18-17-15-6-2-1-4-12(15)5-3-7-16(17)19-10-13-8-9-14(11-19)20-13/h1-2,4,6,13-14,16-17H,3,5,7-11,18H2. The van der Waals surface area contributed by atoms with Crippen molar-refractivity contribution in [2.45, 2.75) is 56.4 Å². The largest absolute Gasteiger partial charge is 0.372 e. The van der Waals surface area contributed by atoms with E-state index in [9.17, 15) is 0 Å². The molecule has 1 aromatic carbocycles. The summed E-state index contributed by atoms with van der Waals surface area (Å²) < 4.78 is 5.97. The van der Waals surface area contributed by atoms with Gasteiger partial charge in [0.25, 0.3) is 0 Å². The Balaban J connectivity index is 1.59. The topological polar surface area (TPSA) is 38.5 Å². The van der Waals surface area contributed by atoms with E-state index >= 15 is 0 Å². The van der Waals surface area contributed by atoms with Gasteiger partial charge in [-0.05, 0) is 43.2 Å². The van der Waals surface area contributed by atoms with Gasteiger partial charge in [-0.1, -0.05) is 24.3 Å². The minimum atomic E-state index is 0.159. The van der Waals surface area contributed by atoms with Gasteiger partial charge in [-0.3, -0.25) is 4.90 Å². The number of hydrogen-bond acceptors (Lipinski definition) is 3. The highest BCUT2D eigenvalue weighted by atomic mass is 16.5. The minimum Gasteiger partial charge on any atom is -0.372 e. The van der Waals surface area contributed by atoms with Crippen LogP contribution in [0, 0.1) is 0 Å². The van der Waals surface area contributed by atoms with Crippen molar-refractivity contribution in [2.24, 2.45) is 5.73 Å². The van der Waals surface area contributed by atoms with E-state index < -0.39 is 0 Å². The number of nitrogens with two attached hydrogens (primary N) is 1. The first-order chi connectivity index (χ1) is 9.81. The van der Waals surface area contributed by atoms with Gasteiger partial charge in [0.1, 0.15) is 0 Å². The fourth-order valence-electron chi connectivity index (χ4n) is 4.30. The fourth-order valence-corrected chi connectivity index (χ4v) is 4.30. The first-order valence-electron chi connectivity index (χ1n) is 8.04. The van der Waals surface area contributed by atoms with E-state index in [-0.39, 0.29) is 6.04 Å². The molecule has 2 aliphatic heterocycles. The molecule has 108 valence electrons. The molecule has 4 rings (SSSR count). The fraction of sp³-hybridized carbons (Fsp3) is 0.647. The Morgan fingerprint density at radius 2 is 1.80 bits per heavy atom. The number of benzene rings is 1. The summed E-state index contributed by atoms with van der Waals surface area (Å²) in [6, 6.07) is 9.40. The predicted molar refractivity (Wildman–Crippen MR) is 79.6 cm³/mol. The quantitative estimate of drug-likeness (QED) is 0.797. The second kappa shape index (κ2) is 5.14. The van der Waals surface area contributed by atoms with Gasteiger partial charge in [0.05, 0.1) is 12.2 Å². The van der Waals surface area contributed by atoms with Gasteiger partial charge in [-0.2, -0.15) is 0 Å². The molecule has 1 aromatic rings. The summed E-state index contributed by atoms with van der Waals surface area (Å²) in [6.07, 6.45) is 7.04. The molecule has 0 aromatic heterocycles. The zero-order chi connectivity index (χ0) is 13.5. The molecule has 2 heterocycles. The van der Waals surface area contributed by atoms with Crippen LogP contribution in [0.15, 0.2) is 24.3 Å². The van der Waals surface area contributed by atoms with Gasteiger partial charge in [-0.25, -0.2) is 0 Å². The summed E-state index contributed by atoms with van der Waals surface area (Å²) in [5.74, 6) is 0. The first kappa shape index (κ1) is 12.8. The lowest BCUT2D eigenvalue weighted by atomic mass is 9.95. The van der Waals surface area contributed by atoms with Gasteiger partial charge in [-0.15, -0.1) is 0 Å². The zero-order valence-corrected chi connectivity index (χ0v) is 12.0. The lowest BCUT2D eigenvalue weighted by Crippen LogP contribution is -2.51. The molecule has 0 saturated carbocycles. The zero-order valence-electron chi connectivity index (χ0n) is 12.0. The van der Waals surface area contributed by atoms with E-state index in [0.717, 1.165) is 13.1 Å². The average molecular weight is 272 g/mol. The Labute approximate surface area is 121 Å². The van der Waals surface area contributed by atoms with E-state index in [0.29, 0.717) is 18.2 Å². The number of likely N-dealkylation sites (tertiary alicyclic amines) is 1. The van der Waals surface area contributed by atoms with Crippen LogP contribution >= 0.6 is 0 Å². The number of ether oxygens (including phenoxy) is 1. The van der Waals surface area contributed by atoms with Gasteiger partial charge in [0.2, 0.25) is 0 Å². The molecule has 20 heavy (non-hydrogen) atoms. The summed E-state index contributed by atoms with van der Waals surface area (Å²) in [7, 11) is 0. The number of morpholine rings is 1. The number of rotatable bonds is 1. The third kappa shape index (κ3) is 2.18. The van der Waals surface area contributed by atoms with Gasteiger partial charge >= 0.3 is 0 Å². The molecule has 0 amide bonds. The van der Waals surface area contributed by atoms with Crippen molar-refractivity contribution in [3.8, 4) is 0 Å². The van der Waals surface area contributed by atoms with Crippen LogP contribution in [0.25, 0.3) is 0 Å². The second-order valence-electron chi connectivity index (χ2n) is 6.60. The van der Waals surface area contributed by atoms with E-state index in [1.54, 1.807) is 0 Å². The molecule has 2 N–H and O–H groups in total. The van der Waals surface area contributed by atoms with Crippen LogP contribution in [-0.2, 0) is 11.2 Å². The summed E-state index contributed by atoms with van der Waals surface area (Å²) in [4.78, 5) is 2.62. The molecule has 3 aliphatic rings. The maximum absolute atomic E-state index is 6.65. The van der Waals surface area contributed by atoms with Crippen molar-refractivity contribution in [3.05, 3.63) is 35.4 Å². The number of hydrogen-bond donors (Lipinski definition) is 1. The minimum absolute atomic E-state index is 0.159. The van der Waals surface area contributed by atoms with Crippen LogP contribution in [-0.4, -0.2) is 36.2 Å². The lowest BCUT2D eigenvalue weighted by Gasteiger charge is -2.40. The highest BCUT2D eigenvalue weighted by molar-refractivity contribution is 5.32. The molecule has 3 heteroatoms. The smallest absolute Gasteiger partial charge is 0.0707 e. The number of nitrogens with zero attached hydrogens (tertiary/aromatic N) is 1. The number of fused-ring (bicyclic) bond motifs is 3. The molecular weight excluding hydrogens is 248 g/mol. The Hall–Kier alpha value is -0.900. The Kier molecular flexibility index (Phi) is 3.29. The molecule has 1 aliphatic carbocycles. The Bertz CT molecular complexity index is 478. The van der Waals surface area contributed by atoms with Gasteiger partial charge in [0.15, 0.2) is 0 Å². The molecular formula is C17H24N2O. The Morgan fingerprint density at radius 3 is 2.60 bits per heavy atom. The van der Waals surface area contributed by atoms with E-state index in [4.69, 9.17) is 10.5 Å². The summed E-state index contributed by atoms with van der Waals surface area (Å²) in [6.45, 7) is 2.16. The normalized spacial score (nSPS) is 37.5. The second-order valence-corrected chi connectivity index (χ2v) is 6.60. The summed E-state index contributed by atoms with van der Waals surface area (Å²) >= 11 is 0. The van der Waals surface area contributed by atoms with Crippen molar-refractivity contribution in [1.82, 2.24) is 4.90 Å². The molecule has 0 radical (unpaired) electrons. The predicted octanol–water partition coefficient (Wildman–Crippen LogP) is 2.25. The van der Waals surface area contributed by atoms with E-state index in [1.807, 2.05) is 0 Å². The Morgan fingerprint density at radius 1 is 1.05 bits per heavy atom. The van der Waals surface area contributed by atoms with Gasteiger partial charge in [0, 0.05) is 25.2 Å². The highest BCUT2D eigenvalue weighted by Crippen LogP contribution is 2.34. The monoisotopic (exact) mass is 272 g/mol. The maximum atomic E-state index is 6.65. The molecule has 4 atom stereocenters. The van der Waals surface area contributed by atoms with Crippen molar-refractivity contribution in [2.75, 3.05) is 13.1 Å². The van der Waals surface area contributed by atoms with Crippen LogP contribution in [0.2, 0.25) is 0 Å². The van der Waals surface area contributed by atoms with Crippen LogP contribution < -0.4 is 5.73 Å². The van der Waals surface area contributed by atoms with Crippen LogP contribution in [0.3, 0.4) is 0 Å². The molecule has 2 fully saturated rings. The highest BCUT2D eigenvalue weighted by Gasteiger charge is 2.39. The third-order valence-corrected chi connectivity index (χ3v) is 5.32. The van der Waals surface area contributed by atoms with Crippen molar-refractivity contribution in [1.29, 1.82) is 0 Å². The molecule has 0 spiro atoms. The SMILES string of the molecule is NC1c2ccccc2CCCC1N1CC2CCC(C1)O2. The van der Waals surface area contributed by atoms with Gasteiger partial charge < -0.3 is 10.5 Å². The lowest BCUT2D eigenvalue weighted by molar-refractivity contribution is -0.0572. The molecule has 3 nitrogen and oxygen atoms in total. The molecule has 4 unspecified atom stereocenters. The van der Waals surface area contributed by atoms with E-state index in [2.05, 4.69) is 29.2 Å². The van der Waals surface area contributed by atoms with Crippen LogP contribution in [0.1, 0.15) is 42.9 Å². The maximum Gasteiger partial charge on any atom is 0.0707 e. The summed E-state index contributed by atoms with van der Waals surface area (Å²) in [5, 5.41) is 0. The molecule has 2 saturated heterocycles.